The highest BCUT2D eigenvalue weighted by Crippen LogP contribution is 2.31. The first-order chi connectivity index (χ1) is 30.2. The van der Waals surface area contributed by atoms with E-state index in [1.54, 1.807) is 18.2 Å². The van der Waals surface area contributed by atoms with Crippen LogP contribution in [0.25, 0.3) is 0 Å². The predicted octanol–water partition coefficient (Wildman–Crippen LogP) is 0.223. The summed E-state index contributed by atoms with van der Waals surface area (Å²) < 4.78 is 0.866. The number of hydroxylamine groups is 2. The molecule has 0 bridgehead atoms. The number of carboxylic acid groups (broad SMARTS) is 4. The molecular weight excluding hydrogens is 963 g/mol. The summed E-state index contributed by atoms with van der Waals surface area (Å²) in [7, 11) is 0. The molecular formula is C40H51IN6O17. The number of carbonyl (C=O) groups excluding carboxylic acids is 8. The highest BCUT2D eigenvalue weighted by molar-refractivity contribution is 14.1. The van der Waals surface area contributed by atoms with Crippen molar-refractivity contribution in [1.82, 2.24) is 31.6 Å². The van der Waals surface area contributed by atoms with Gasteiger partial charge in [-0.25, -0.2) is 9.59 Å². The molecule has 0 aromatic heterocycles. The number of benzene rings is 1. The van der Waals surface area contributed by atoms with Crippen molar-refractivity contribution in [2.24, 2.45) is 11.8 Å². The topological polar surface area (TPSA) is 358 Å². The van der Waals surface area contributed by atoms with Crippen molar-refractivity contribution in [2.75, 3.05) is 6.54 Å². The first kappa shape index (κ1) is 52.1. The molecule has 24 heteroatoms. The number of nitrogens with one attached hydrogen (secondary N) is 5. The summed E-state index contributed by atoms with van der Waals surface area (Å²) in [5.74, 6) is -13.0. The lowest BCUT2D eigenvalue weighted by atomic mass is 9.81. The first-order valence-electron chi connectivity index (χ1n) is 20.4. The molecule has 4 atom stereocenters. The zero-order valence-corrected chi connectivity index (χ0v) is 36.7. The Bertz CT molecular complexity index is 1940. The monoisotopic (exact) mass is 1010 g/mol. The van der Waals surface area contributed by atoms with Crippen LogP contribution in [0.2, 0.25) is 0 Å². The smallest absolute Gasteiger partial charge is 0.336 e. The van der Waals surface area contributed by atoms with Crippen LogP contribution in [0.5, 0.6) is 0 Å². The zero-order chi connectivity index (χ0) is 47.5. The first-order valence-corrected chi connectivity index (χ1v) is 21.5. The maximum atomic E-state index is 13.1. The van der Waals surface area contributed by atoms with E-state index in [0.717, 1.165) is 3.57 Å². The molecule has 1 aromatic rings. The minimum absolute atomic E-state index is 0.0442. The van der Waals surface area contributed by atoms with Crippen molar-refractivity contribution in [3.8, 4) is 0 Å². The lowest BCUT2D eigenvalue weighted by Gasteiger charge is -2.28. The Labute approximate surface area is 379 Å². The third kappa shape index (κ3) is 18.6. The molecule has 2 aliphatic rings. The number of imide groups is 1. The number of carbonyl (C=O) groups is 12. The van der Waals surface area contributed by atoms with Gasteiger partial charge in [0.1, 0.15) is 6.04 Å². The Kier molecular flexibility index (Phi) is 21.0. The van der Waals surface area contributed by atoms with E-state index in [1.807, 2.05) is 6.07 Å². The molecule has 3 rings (SSSR count). The Morgan fingerprint density at radius 2 is 1.14 bits per heavy atom. The van der Waals surface area contributed by atoms with Gasteiger partial charge in [-0.15, -0.1) is 5.06 Å². The summed E-state index contributed by atoms with van der Waals surface area (Å²) in [4.78, 5) is 152. The summed E-state index contributed by atoms with van der Waals surface area (Å²) in [5, 5.41) is 50.6. The molecule has 0 spiro atoms. The standard InChI is InChI=1S/C40H51IN6O17/c41-24-5-3-4-23(14-24)37(59)42-13-2-1-6-28(39(61)62)46-31(50)16-26(19-35(55)56)44-29(48)15-25(18-34(53)54)43-30(49)17-27(20-36(57)58)45-38(60)21-7-9-22(10-8-21)40(63)64-47-32(51)11-12-33(47)52/h3-5,14,21-22,25-28H,1-2,6-13,15-20H2,(H,42,59)(H,43,49)(H,44,48)(H,45,60)(H,46,50)(H,53,54)(H,55,56)(H,57,58)(H,61,62)/t21?,22?,25-,26-,27-,28-/m1/s1. The van der Waals surface area contributed by atoms with Gasteiger partial charge in [-0.2, -0.15) is 0 Å². The SMILES string of the molecule is O=C(O)C[C@@H](CC(=O)N[C@@H](CC(=O)O)CC(=O)N[C@H](CCCCNC(=O)c1cccc(I)c1)C(=O)O)NC(=O)C[C@H](CC(=O)O)NC(=O)C1CCC(C(=O)ON2C(=O)CCC2=O)CC1. The number of carboxylic acids is 4. The van der Waals surface area contributed by atoms with Gasteiger partial charge in [-0.3, -0.25) is 47.9 Å². The number of nitrogens with zero attached hydrogens (tertiary/aromatic N) is 1. The van der Waals surface area contributed by atoms with Gasteiger partial charge in [0.15, 0.2) is 0 Å². The van der Waals surface area contributed by atoms with Crippen LogP contribution in [0.4, 0.5) is 0 Å². The minimum atomic E-state index is -1.46. The lowest BCUT2D eigenvalue weighted by molar-refractivity contribution is -0.201. The number of aliphatic carboxylic acids is 4. The summed E-state index contributed by atoms with van der Waals surface area (Å²) in [6, 6.07) is 1.38. The van der Waals surface area contributed by atoms with Crippen LogP contribution in [0, 0.1) is 15.4 Å². The van der Waals surface area contributed by atoms with E-state index in [0.29, 0.717) is 17.0 Å². The van der Waals surface area contributed by atoms with Gasteiger partial charge in [0.25, 0.3) is 17.7 Å². The average molecular weight is 1010 g/mol. The van der Waals surface area contributed by atoms with E-state index in [-0.39, 0.29) is 63.8 Å². The molecule has 7 amide bonds. The number of unbranched alkanes of at least 4 members (excludes halogenated alkanes) is 1. The number of halogens is 1. The molecule has 1 saturated heterocycles. The van der Waals surface area contributed by atoms with Crippen molar-refractivity contribution < 1.29 is 82.8 Å². The van der Waals surface area contributed by atoms with Gasteiger partial charge in [0.05, 0.1) is 25.2 Å². The number of hydrogen-bond acceptors (Lipinski definition) is 13. The maximum absolute atomic E-state index is 13.1. The molecule has 1 aromatic carbocycles. The van der Waals surface area contributed by atoms with Gasteiger partial charge in [0.2, 0.25) is 23.6 Å². The van der Waals surface area contributed by atoms with E-state index in [9.17, 15) is 78.0 Å². The Morgan fingerprint density at radius 3 is 1.62 bits per heavy atom. The highest BCUT2D eigenvalue weighted by Gasteiger charge is 2.38. The summed E-state index contributed by atoms with van der Waals surface area (Å²) in [6.45, 7) is 0.223. The molecule has 350 valence electrons. The van der Waals surface area contributed by atoms with Crippen LogP contribution < -0.4 is 26.6 Å². The van der Waals surface area contributed by atoms with Gasteiger partial charge < -0.3 is 51.8 Å². The normalized spacial score (nSPS) is 17.7. The van der Waals surface area contributed by atoms with Crippen LogP contribution in [0.15, 0.2) is 24.3 Å². The van der Waals surface area contributed by atoms with Gasteiger partial charge in [-0.05, 0) is 85.7 Å². The summed E-state index contributed by atoms with van der Waals surface area (Å²) >= 11 is 2.07. The average Bonchev–Trinajstić information content (AvgIpc) is 3.51. The van der Waals surface area contributed by atoms with E-state index in [2.05, 4.69) is 49.2 Å². The number of amides is 7. The quantitative estimate of drug-likeness (QED) is 0.0341. The van der Waals surface area contributed by atoms with E-state index >= 15 is 0 Å². The van der Waals surface area contributed by atoms with Gasteiger partial charge in [-0.1, -0.05) is 6.07 Å². The highest BCUT2D eigenvalue weighted by atomic mass is 127. The molecule has 0 radical (unpaired) electrons. The van der Waals surface area contributed by atoms with Crippen molar-refractivity contribution in [2.45, 2.75) is 120 Å². The third-order valence-electron chi connectivity index (χ3n) is 10.2. The zero-order valence-electron chi connectivity index (χ0n) is 34.5. The second-order valence-corrected chi connectivity index (χ2v) is 16.6. The number of hydrogen-bond donors (Lipinski definition) is 9. The summed E-state index contributed by atoms with van der Waals surface area (Å²) in [5.41, 5.74) is 0.453. The molecule has 1 saturated carbocycles. The number of rotatable bonds is 26. The van der Waals surface area contributed by atoms with Crippen LogP contribution >= 0.6 is 22.6 Å². The molecule has 1 heterocycles. The van der Waals surface area contributed by atoms with Crippen molar-refractivity contribution in [3.05, 3.63) is 33.4 Å². The predicted molar refractivity (Wildman–Crippen MR) is 224 cm³/mol. The second-order valence-electron chi connectivity index (χ2n) is 15.4. The van der Waals surface area contributed by atoms with Crippen LogP contribution in [-0.2, 0) is 57.6 Å². The van der Waals surface area contributed by atoms with E-state index in [1.165, 1.54) is 0 Å². The van der Waals surface area contributed by atoms with Crippen molar-refractivity contribution in [3.63, 3.8) is 0 Å². The van der Waals surface area contributed by atoms with E-state index < -0.39 is 140 Å². The minimum Gasteiger partial charge on any atom is -0.481 e. The largest absolute Gasteiger partial charge is 0.481 e. The fraction of sp³-hybridized carbons (Fsp3) is 0.550. The fourth-order valence-electron chi connectivity index (χ4n) is 7.05. The van der Waals surface area contributed by atoms with Gasteiger partial charge in [0, 0.05) is 71.8 Å². The van der Waals surface area contributed by atoms with Crippen molar-refractivity contribution in [1.29, 1.82) is 0 Å². The van der Waals surface area contributed by atoms with Crippen LogP contribution in [0.1, 0.15) is 107 Å². The lowest BCUT2D eigenvalue weighted by Crippen LogP contribution is -2.48. The van der Waals surface area contributed by atoms with Gasteiger partial charge >= 0.3 is 29.8 Å². The Morgan fingerprint density at radius 1 is 0.656 bits per heavy atom. The van der Waals surface area contributed by atoms with Crippen LogP contribution in [0.3, 0.4) is 0 Å². The Balaban J connectivity index is 1.50. The summed E-state index contributed by atoms with van der Waals surface area (Å²) in [6.07, 6.45) is -3.39. The Hall–Kier alpha value is -6.21. The maximum Gasteiger partial charge on any atom is 0.336 e. The molecule has 1 aliphatic heterocycles. The van der Waals surface area contributed by atoms with Crippen LogP contribution in [-0.4, -0.2) is 127 Å². The molecule has 1 aliphatic carbocycles. The van der Waals surface area contributed by atoms with Crippen molar-refractivity contribution >= 4 is 93.8 Å². The fourth-order valence-corrected chi connectivity index (χ4v) is 7.59. The molecule has 0 unspecified atom stereocenters. The molecule has 2 fully saturated rings. The van der Waals surface area contributed by atoms with E-state index in [4.69, 9.17) is 4.84 Å². The second kappa shape index (κ2) is 25.8. The molecule has 64 heavy (non-hydrogen) atoms. The molecule has 23 nitrogen and oxygen atoms in total. The molecule has 9 N–H and O–H groups in total. The third-order valence-corrected chi connectivity index (χ3v) is 10.8.